The van der Waals surface area contributed by atoms with Gasteiger partial charge in [-0.3, -0.25) is 0 Å². The van der Waals surface area contributed by atoms with Crippen LogP contribution in [0.1, 0.15) is 59.7 Å². The van der Waals surface area contributed by atoms with Gasteiger partial charge in [-0.05, 0) is 123 Å². The third-order valence-electron chi connectivity index (χ3n) is 13.3. The van der Waals surface area contributed by atoms with Gasteiger partial charge in [-0.2, -0.15) is 0 Å². The minimum absolute atomic E-state index is 0.145. The number of rotatable bonds is 4. The molecular weight excluding hydrogens is 679 g/mol. The van der Waals surface area contributed by atoms with E-state index in [2.05, 4.69) is 196 Å². The minimum atomic E-state index is -0.520. The van der Waals surface area contributed by atoms with Crippen LogP contribution in [-0.4, -0.2) is 0 Å². The van der Waals surface area contributed by atoms with Crippen molar-refractivity contribution in [1.82, 2.24) is 0 Å². The second-order valence-corrected chi connectivity index (χ2v) is 16.6. The lowest BCUT2D eigenvalue weighted by atomic mass is 9.72. The van der Waals surface area contributed by atoms with Gasteiger partial charge in [0.05, 0.1) is 5.69 Å². The van der Waals surface area contributed by atoms with E-state index in [-0.39, 0.29) is 5.41 Å². The SMILES string of the molecule is CC1(C)c2ccccc2-c2ccc(N(c3ccc4c(c3)Cc3ccccc3-4)c3ccc4c(oc5ccccc54)c3C3(C)c4ccccc4-c4ccccc43)cc21. The topological polar surface area (TPSA) is 16.4 Å². The van der Waals surface area contributed by atoms with E-state index in [4.69, 9.17) is 4.42 Å². The van der Waals surface area contributed by atoms with Crippen molar-refractivity contribution in [1.29, 1.82) is 0 Å². The summed E-state index contributed by atoms with van der Waals surface area (Å²) in [7, 11) is 0. The quantitative estimate of drug-likeness (QED) is 0.180. The van der Waals surface area contributed by atoms with Crippen molar-refractivity contribution in [3.8, 4) is 33.4 Å². The molecule has 0 aliphatic heterocycles. The summed E-state index contributed by atoms with van der Waals surface area (Å²) >= 11 is 0. The fraction of sp³-hybridized carbons (Fsp3) is 0.111. The summed E-state index contributed by atoms with van der Waals surface area (Å²) in [5.41, 5.74) is 21.7. The molecule has 0 saturated carbocycles. The Morgan fingerprint density at radius 3 is 1.75 bits per heavy atom. The number of nitrogens with zero attached hydrogens (tertiary/aromatic N) is 1. The highest BCUT2D eigenvalue weighted by Gasteiger charge is 2.45. The van der Waals surface area contributed by atoms with E-state index < -0.39 is 5.41 Å². The normalized spacial score (nSPS) is 14.9. The molecule has 8 aromatic carbocycles. The molecule has 1 heterocycles. The summed E-state index contributed by atoms with van der Waals surface area (Å²) < 4.78 is 7.09. The van der Waals surface area contributed by atoms with Crippen LogP contribution >= 0.6 is 0 Å². The van der Waals surface area contributed by atoms with Crippen molar-refractivity contribution in [3.63, 3.8) is 0 Å². The highest BCUT2D eigenvalue weighted by atomic mass is 16.3. The van der Waals surface area contributed by atoms with E-state index in [1.807, 2.05) is 0 Å². The maximum absolute atomic E-state index is 7.09. The van der Waals surface area contributed by atoms with Gasteiger partial charge in [0.25, 0.3) is 0 Å². The molecule has 0 bridgehead atoms. The van der Waals surface area contributed by atoms with E-state index in [1.165, 1.54) is 72.3 Å². The van der Waals surface area contributed by atoms with E-state index in [0.29, 0.717) is 0 Å². The minimum Gasteiger partial charge on any atom is -0.456 e. The Labute approximate surface area is 327 Å². The van der Waals surface area contributed by atoms with Gasteiger partial charge in [-0.15, -0.1) is 0 Å². The first-order valence-electron chi connectivity index (χ1n) is 19.8. The smallest absolute Gasteiger partial charge is 0.141 e. The van der Waals surface area contributed by atoms with Gasteiger partial charge < -0.3 is 9.32 Å². The second kappa shape index (κ2) is 11.2. The molecular formula is C54H39NO. The summed E-state index contributed by atoms with van der Waals surface area (Å²) in [6.07, 6.45) is 0.924. The Balaban J connectivity index is 1.18. The zero-order valence-corrected chi connectivity index (χ0v) is 31.7. The lowest BCUT2D eigenvalue weighted by molar-refractivity contribution is 0.638. The standard InChI is InChI=1S/C54H39NO/c1-53(2)45-20-10-6-16-39(45)42-27-25-36(32-48(42)53)55(35-24-26-38-34(31-35)30-33-14-4-5-15-37(33)38)49-29-28-44-43-19-9-13-23-50(43)56-52(44)51(49)54(3)46-21-11-7-17-40(46)41-18-8-12-22-47(41)54/h4-29,31-32H,30H2,1-3H3. The number of fused-ring (bicyclic) bond motifs is 12. The van der Waals surface area contributed by atoms with Crippen molar-refractivity contribution < 1.29 is 4.42 Å². The zero-order chi connectivity index (χ0) is 37.3. The lowest BCUT2D eigenvalue weighted by Crippen LogP contribution is -2.26. The van der Waals surface area contributed by atoms with Crippen molar-refractivity contribution in [2.45, 2.75) is 38.0 Å². The first-order valence-corrected chi connectivity index (χ1v) is 19.8. The third kappa shape index (κ3) is 4.11. The van der Waals surface area contributed by atoms with Crippen LogP contribution in [0.5, 0.6) is 0 Å². The van der Waals surface area contributed by atoms with E-state index in [9.17, 15) is 0 Å². The van der Waals surface area contributed by atoms with E-state index in [1.54, 1.807) is 0 Å². The van der Waals surface area contributed by atoms with Gasteiger partial charge in [0.2, 0.25) is 0 Å². The molecule has 3 aliphatic rings. The molecule has 9 aromatic rings. The summed E-state index contributed by atoms with van der Waals surface area (Å²) in [6.45, 7) is 7.17. The molecule has 0 atom stereocenters. The van der Waals surface area contributed by atoms with Crippen LogP contribution in [0.4, 0.5) is 17.1 Å². The van der Waals surface area contributed by atoms with Crippen molar-refractivity contribution >= 4 is 39.0 Å². The van der Waals surface area contributed by atoms with Gasteiger partial charge in [0.15, 0.2) is 0 Å². The fourth-order valence-electron chi connectivity index (χ4n) is 10.7. The van der Waals surface area contributed by atoms with Crippen molar-refractivity contribution in [2.24, 2.45) is 0 Å². The molecule has 56 heavy (non-hydrogen) atoms. The van der Waals surface area contributed by atoms with Gasteiger partial charge in [-0.1, -0.05) is 141 Å². The average molecular weight is 718 g/mol. The predicted molar refractivity (Wildman–Crippen MR) is 232 cm³/mol. The molecule has 0 saturated heterocycles. The predicted octanol–water partition coefficient (Wildman–Crippen LogP) is 14.3. The van der Waals surface area contributed by atoms with Crippen LogP contribution in [0, 0.1) is 0 Å². The average Bonchev–Trinajstić information content (AvgIpc) is 3.94. The van der Waals surface area contributed by atoms with E-state index >= 15 is 0 Å². The molecule has 266 valence electrons. The Bertz CT molecular complexity index is 3080. The molecule has 0 radical (unpaired) electrons. The van der Waals surface area contributed by atoms with Crippen LogP contribution in [0.25, 0.3) is 55.3 Å². The first kappa shape index (κ1) is 31.7. The van der Waals surface area contributed by atoms with Gasteiger partial charge in [-0.25, -0.2) is 0 Å². The van der Waals surface area contributed by atoms with Crippen LogP contribution in [0.15, 0.2) is 174 Å². The van der Waals surface area contributed by atoms with Crippen molar-refractivity contribution in [2.75, 3.05) is 4.90 Å². The third-order valence-corrected chi connectivity index (χ3v) is 13.3. The Kier molecular flexibility index (Phi) is 6.34. The molecule has 0 fully saturated rings. The lowest BCUT2D eigenvalue weighted by Gasteiger charge is -2.36. The Morgan fingerprint density at radius 2 is 1.00 bits per heavy atom. The molecule has 2 nitrogen and oxygen atoms in total. The molecule has 0 spiro atoms. The van der Waals surface area contributed by atoms with Crippen LogP contribution in [-0.2, 0) is 17.3 Å². The number of furan rings is 1. The molecule has 2 heteroatoms. The molecule has 1 aromatic heterocycles. The van der Waals surface area contributed by atoms with Crippen LogP contribution in [0.2, 0.25) is 0 Å². The molecule has 0 amide bonds. The molecule has 0 N–H and O–H groups in total. The summed E-state index contributed by atoms with van der Waals surface area (Å²) in [5.74, 6) is 0. The van der Waals surface area contributed by atoms with E-state index in [0.717, 1.165) is 45.4 Å². The van der Waals surface area contributed by atoms with Gasteiger partial charge in [0.1, 0.15) is 11.2 Å². The van der Waals surface area contributed by atoms with Crippen molar-refractivity contribution in [3.05, 3.63) is 209 Å². The van der Waals surface area contributed by atoms with Crippen LogP contribution < -0.4 is 4.90 Å². The zero-order valence-electron chi connectivity index (χ0n) is 31.7. The number of hydrogen-bond acceptors (Lipinski definition) is 2. The highest BCUT2D eigenvalue weighted by molar-refractivity contribution is 6.09. The Hall–Kier alpha value is -6.64. The fourth-order valence-corrected chi connectivity index (χ4v) is 10.7. The molecule has 12 rings (SSSR count). The largest absolute Gasteiger partial charge is 0.456 e. The first-order chi connectivity index (χ1) is 27.4. The van der Waals surface area contributed by atoms with Gasteiger partial charge in [0, 0.05) is 38.5 Å². The second-order valence-electron chi connectivity index (χ2n) is 16.6. The summed E-state index contributed by atoms with van der Waals surface area (Å²) in [4.78, 5) is 2.53. The number of anilines is 3. The highest BCUT2D eigenvalue weighted by Crippen LogP contribution is 2.58. The van der Waals surface area contributed by atoms with Crippen LogP contribution in [0.3, 0.4) is 0 Å². The molecule has 3 aliphatic carbocycles. The maximum Gasteiger partial charge on any atom is 0.141 e. The monoisotopic (exact) mass is 717 g/mol. The number of benzene rings is 8. The van der Waals surface area contributed by atoms with Gasteiger partial charge >= 0.3 is 0 Å². The summed E-state index contributed by atoms with van der Waals surface area (Å²) in [5, 5.41) is 2.27. The number of para-hydroxylation sites is 1. The Morgan fingerprint density at radius 1 is 0.446 bits per heavy atom. The summed E-state index contributed by atoms with van der Waals surface area (Å²) in [6, 6.07) is 63.1. The molecule has 0 unspecified atom stereocenters. The number of hydrogen-bond donors (Lipinski definition) is 0. The maximum atomic E-state index is 7.09.